The minimum Gasteiger partial charge on any atom is -0.342 e. The third-order valence-electron chi connectivity index (χ3n) is 3.33. The van der Waals surface area contributed by atoms with E-state index in [1.807, 2.05) is 45.0 Å². The van der Waals surface area contributed by atoms with Gasteiger partial charge < -0.3 is 9.80 Å². The first kappa shape index (κ1) is 17.0. The summed E-state index contributed by atoms with van der Waals surface area (Å²) in [5.74, 6) is -0.197. The van der Waals surface area contributed by atoms with Crippen LogP contribution in [0.3, 0.4) is 0 Å². The van der Waals surface area contributed by atoms with Crippen LogP contribution in [0.1, 0.15) is 25.0 Å². The smallest absolute Gasteiger partial charge is 0.246 e. The van der Waals surface area contributed by atoms with Crippen LogP contribution in [0.25, 0.3) is 6.08 Å². The van der Waals surface area contributed by atoms with E-state index in [2.05, 4.69) is 0 Å². The number of carbonyl (C=O) groups is 2. The summed E-state index contributed by atoms with van der Waals surface area (Å²) >= 11 is 0. The second-order valence-electron chi connectivity index (χ2n) is 5.01. The molecule has 1 aromatic rings. The van der Waals surface area contributed by atoms with Crippen LogP contribution in [-0.4, -0.2) is 48.3 Å². The molecule has 0 heterocycles. The Morgan fingerprint density at radius 2 is 1.86 bits per heavy atom. The van der Waals surface area contributed by atoms with Gasteiger partial charge in [-0.15, -0.1) is 0 Å². The molecular formula is C17H24N2O2. The lowest BCUT2D eigenvalue weighted by atomic mass is 10.1. The van der Waals surface area contributed by atoms with Crippen LogP contribution in [0.5, 0.6) is 0 Å². The highest BCUT2D eigenvalue weighted by atomic mass is 16.2. The van der Waals surface area contributed by atoms with Crippen LogP contribution in [0.15, 0.2) is 30.3 Å². The molecule has 0 saturated heterocycles. The molecular weight excluding hydrogens is 264 g/mol. The highest BCUT2D eigenvalue weighted by molar-refractivity contribution is 5.94. The number of likely N-dealkylation sites (N-methyl/N-ethyl adjacent to an activating group) is 2. The van der Waals surface area contributed by atoms with E-state index in [4.69, 9.17) is 0 Å². The van der Waals surface area contributed by atoms with E-state index in [0.717, 1.165) is 11.1 Å². The fourth-order valence-corrected chi connectivity index (χ4v) is 2.03. The molecule has 0 spiro atoms. The number of benzene rings is 1. The van der Waals surface area contributed by atoms with Gasteiger partial charge in [0.1, 0.15) is 0 Å². The van der Waals surface area contributed by atoms with Gasteiger partial charge in [0.15, 0.2) is 0 Å². The zero-order valence-corrected chi connectivity index (χ0v) is 13.3. The molecule has 0 N–H and O–H groups in total. The van der Waals surface area contributed by atoms with Gasteiger partial charge >= 0.3 is 0 Å². The Balaban J connectivity index is 2.60. The van der Waals surface area contributed by atoms with Crippen molar-refractivity contribution in [1.29, 1.82) is 0 Å². The molecule has 2 amide bonds. The number of aryl methyl sites for hydroxylation is 1. The summed E-state index contributed by atoms with van der Waals surface area (Å²) in [5, 5.41) is 0. The largest absolute Gasteiger partial charge is 0.342 e. The third-order valence-corrected chi connectivity index (χ3v) is 3.33. The van der Waals surface area contributed by atoms with Gasteiger partial charge in [-0.25, -0.2) is 0 Å². The van der Waals surface area contributed by atoms with Crippen LogP contribution in [0.2, 0.25) is 0 Å². The van der Waals surface area contributed by atoms with E-state index in [1.54, 1.807) is 18.0 Å². The predicted octanol–water partition coefficient (Wildman–Crippen LogP) is 2.34. The van der Waals surface area contributed by atoms with Crippen molar-refractivity contribution >= 4 is 17.9 Å². The fraction of sp³-hybridized carbons (Fsp3) is 0.412. The van der Waals surface area contributed by atoms with E-state index in [1.165, 1.54) is 11.0 Å². The zero-order valence-electron chi connectivity index (χ0n) is 13.3. The van der Waals surface area contributed by atoms with Crippen molar-refractivity contribution in [3.63, 3.8) is 0 Å². The highest BCUT2D eigenvalue weighted by Crippen LogP contribution is 2.06. The lowest BCUT2D eigenvalue weighted by Crippen LogP contribution is -2.40. The van der Waals surface area contributed by atoms with Gasteiger partial charge in [-0.3, -0.25) is 9.59 Å². The summed E-state index contributed by atoms with van der Waals surface area (Å²) < 4.78 is 0. The lowest BCUT2D eigenvalue weighted by Gasteiger charge is -2.22. The molecule has 114 valence electrons. The lowest BCUT2D eigenvalue weighted by molar-refractivity contribution is -0.136. The molecule has 0 atom stereocenters. The highest BCUT2D eigenvalue weighted by Gasteiger charge is 2.14. The quantitative estimate of drug-likeness (QED) is 0.754. The minimum absolute atomic E-state index is 0.0280. The molecule has 0 aromatic heterocycles. The number of amides is 2. The first-order valence-electron chi connectivity index (χ1n) is 7.25. The molecule has 0 radical (unpaired) electrons. The van der Waals surface area contributed by atoms with Crippen molar-refractivity contribution in [1.82, 2.24) is 9.80 Å². The molecule has 0 bridgehead atoms. The average molecular weight is 288 g/mol. The van der Waals surface area contributed by atoms with Crippen LogP contribution in [0.4, 0.5) is 0 Å². The normalized spacial score (nSPS) is 10.7. The van der Waals surface area contributed by atoms with Crippen LogP contribution in [-0.2, 0) is 9.59 Å². The molecule has 0 aliphatic carbocycles. The standard InChI is InChI=1S/C17H24N2O2/c1-5-19(6-2)17(21)13-18(4)16(20)11-10-15-9-7-8-14(3)12-15/h7-12H,5-6,13H2,1-4H3/b11-10+. The van der Waals surface area contributed by atoms with E-state index in [0.29, 0.717) is 13.1 Å². The molecule has 4 heteroatoms. The Kier molecular flexibility index (Phi) is 6.66. The summed E-state index contributed by atoms with van der Waals surface area (Å²) in [4.78, 5) is 27.1. The maximum atomic E-state index is 12.0. The van der Waals surface area contributed by atoms with Gasteiger partial charge in [-0.05, 0) is 32.4 Å². The van der Waals surface area contributed by atoms with Crippen molar-refractivity contribution in [2.24, 2.45) is 0 Å². The van der Waals surface area contributed by atoms with Crippen LogP contribution < -0.4 is 0 Å². The molecule has 0 aliphatic heterocycles. The summed E-state index contributed by atoms with van der Waals surface area (Å²) in [6.45, 7) is 7.31. The first-order valence-corrected chi connectivity index (χ1v) is 7.25. The Bertz CT molecular complexity index is 519. The van der Waals surface area contributed by atoms with E-state index < -0.39 is 0 Å². The van der Waals surface area contributed by atoms with E-state index in [-0.39, 0.29) is 18.4 Å². The maximum Gasteiger partial charge on any atom is 0.246 e. The predicted molar refractivity (Wildman–Crippen MR) is 85.8 cm³/mol. The summed E-state index contributed by atoms with van der Waals surface area (Å²) in [6.07, 6.45) is 3.28. The second-order valence-corrected chi connectivity index (χ2v) is 5.01. The topological polar surface area (TPSA) is 40.6 Å². The number of carbonyl (C=O) groups excluding carboxylic acids is 2. The summed E-state index contributed by atoms with van der Waals surface area (Å²) in [5.41, 5.74) is 2.13. The van der Waals surface area contributed by atoms with Gasteiger partial charge in [-0.1, -0.05) is 29.8 Å². The van der Waals surface area contributed by atoms with Gasteiger partial charge in [-0.2, -0.15) is 0 Å². The van der Waals surface area contributed by atoms with Gasteiger partial charge in [0.2, 0.25) is 11.8 Å². The third kappa shape index (κ3) is 5.42. The van der Waals surface area contributed by atoms with Crippen LogP contribution >= 0.6 is 0 Å². The van der Waals surface area contributed by atoms with Gasteiger partial charge in [0.05, 0.1) is 6.54 Å². The van der Waals surface area contributed by atoms with Crippen molar-refractivity contribution in [2.45, 2.75) is 20.8 Å². The van der Waals surface area contributed by atoms with E-state index in [9.17, 15) is 9.59 Å². The van der Waals surface area contributed by atoms with Crippen molar-refractivity contribution in [3.05, 3.63) is 41.5 Å². The molecule has 0 unspecified atom stereocenters. The molecule has 0 fully saturated rings. The van der Waals surface area contributed by atoms with Crippen molar-refractivity contribution in [3.8, 4) is 0 Å². The molecule has 0 saturated carbocycles. The van der Waals surface area contributed by atoms with Gasteiger partial charge in [0, 0.05) is 26.2 Å². The average Bonchev–Trinajstić information content (AvgIpc) is 2.46. The zero-order chi connectivity index (χ0) is 15.8. The van der Waals surface area contributed by atoms with Crippen LogP contribution in [0, 0.1) is 6.92 Å². The number of hydrogen-bond donors (Lipinski definition) is 0. The van der Waals surface area contributed by atoms with Crippen molar-refractivity contribution in [2.75, 3.05) is 26.7 Å². The number of hydrogen-bond acceptors (Lipinski definition) is 2. The molecule has 21 heavy (non-hydrogen) atoms. The molecule has 4 nitrogen and oxygen atoms in total. The maximum absolute atomic E-state index is 12.0. The summed E-state index contributed by atoms with van der Waals surface area (Å²) in [6, 6.07) is 7.91. The molecule has 1 rings (SSSR count). The van der Waals surface area contributed by atoms with E-state index >= 15 is 0 Å². The Morgan fingerprint density at radius 1 is 1.19 bits per heavy atom. The fourth-order valence-electron chi connectivity index (χ4n) is 2.03. The Labute approximate surface area is 127 Å². The summed E-state index contributed by atoms with van der Waals surface area (Å²) in [7, 11) is 1.64. The second kappa shape index (κ2) is 8.25. The first-order chi connectivity index (χ1) is 9.97. The number of rotatable bonds is 6. The molecule has 0 aliphatic rings. The SMILES string of the molecule is CCN(CC)C(=O)CN(C)C(=O)/C=C/c1cccc(C)c1. The van der Waals surface area contributed by atoms with Gasteiger partial charge in [0.25, 0.3) is 0 Å². The van der Waals surface area contributed by atoms with Crippen molar-refractivity contribution < 1.29 is 9.59 Å². The Morgan fingerprint density at radius 3 is 2.43 bits per heavy atom. The Hall–Kier alpha value is -2.10. The monoisotopic (exact) mass is 288 g/mol. The molecule has 1 aromatic carbocycles. The number of nitrogens with zero attached hydrogens (tertiary/aromatic N) is 2. The minimum atomic E-state index is -0.169.